The maximum absolute atomic E-state index is 11.9. The van der Waals surface area contributed by atoms with Crippen LogP contribution in [-0.2, 0) is 9.53 Å². The van der Waals surface area contributed by atoms with Gasteiger partial charge in [-0.1, -0.05) is 0 Å². The van der Waals surface area contributed by atoms with Crippen molar-refractivity contribution in [3.63, 3.8) is 0 Å². The summed E-state index contributed by atoms with van der Waals surface area (Å²) in [5.74, 6) is 1.11. The molecular weight excluding hydrogens is 308 g/mol. The van der Waals surface area contributed by atoms with Gasteiger partial charge in [0.2, 0.25) is 5.91 Å². The van der Waals surface area contributed by atoms with Crippen molar-refractivity contribution >= 4 is 27.7 Å². The molecule has 19 heavy (non-hydrogen) atoms. The van der Waals surface area contributed by atoms with Crippen molar-refractivity contribution in [2.75, 3.05) is 11.9 Å². The molecular formula is C14H19BrN2O2. The lowest BCUT2D eigenvalue weighted by Gasteiger charge is -2.34. The van der Waals surface area contributed by atoms with Gasteiger partial charge in [-0.15, -0.1) is 0 Å². The predicted octanol–water partition coefficient (Wildman–Crippen LogP) is 3.30. The maximum Gasteiger partial charge on any atom is 0.225 e. The second-order valence-electron chi connectivity index (χ2n) is 4.99. The van der Waals surface area contributed by atoms with Crippen LogP contribution in [0.25, 0.3) is 0 Å². The number of amides is 1. The van der Waals surface area contributed by atoms with Crippen LogP contribution in [0.4, 0.5) is 5.82 Å². The highest BCUT2D eigenvalue weighted by atomic mass is 79.9. The van der Waals surface area contributed by atoms with Gasteiger partial charge in [0, 0.05) is 23.7 Å². The van der Waals surface area contributed by atoms with E-state index in [2.05, 4.69) is 26.2 Å². The third kappa shape index (κ3) is 4.01. The molecule has 1 N–H and O–H groups in total. The molecule has 0 aromatic carbocycles. The van der Waals surface area contributed by atoms with E-state index in [1.165, 1.54) is 0 Å². The number of halogens is 1. The molecule has 1 aromatic heterocycles. The van der Waals surface area contributed by atoms with Crippen molar-refractivity contribution in [2.24, 2.45) is 5.92 Å². The zero-order valence-corrected chi connectivity index (χ0v) is 12.9. The van der Waals surface area contributed by atoms with Crippen molar-refractivity contribution in [3.05, 3.63) is 22.3 Å². The number of hydrogen-bond donors (Lipinski definition) is 1. The van der Waals surface area contributed by atoms with Gasteiger partial charge in [-0.25, -0.2) is 4.98 Å². The first-order valence-corrected chi connectivity index (χ1v) is 7.41. The average Bonchev–Trinajstić information content (AvgIpc) is 2.31. The maximum atomic E-state index is 11.9. The second kappa shape index (κ2) is 6.48. The van der Waals surface area contributed by atoms with E-state index in [9.17, 15) is 4.79 Å². The topological polar surface area (TPSA) is 51.2 Å². The summed E-state index contributed by atoms with van der Waals surface area (Å²) in [6, 6.07) is 1.87. The van der Waals surface area contributed by atoms with Crippen molar-refractivity contribution in [2.45, 2.75) is 39.2 Å². The molecule has 0 unspecified atom stereocenters. The first-order valence-electron chi connectivity index (χ1n) is 6.62. The molecule has 0 saturated heterocycles. The Morgan fingerprint density at radius 3 is 2.95 bits per heavy atom. The highest BCUT2D eigenvalue weighted by Gasteiger charge is 2.31. The zero-order chi connectivity index (χ0) is 13.8. The minimum Gasteiger partial charge on any atom is -0.378 e. The standard InChI is InChI=1S/C14H19BrN2O2/c1-3-19-11-5-10(6-11)7-14(18)17-13-4-9(2)12(15)8-16-13/h4,8,10-11H,3,5-7H2,1-2H3,(H,16,17,18). The quantitative estimate of drug-likeness (QED) is 0.903. The third-order valence-corrected chi connectivity index (χ3v) is 4.21. The fourth-order valence-corrected chi connectivity index (χ4v) is 2.49. The number of carbonyl (C=O) groups excluding carboxylic acids is 1. The van der Waals surface area contributed by atoms with E-state index in [0.717, 1.165) is 29.5 Å². The Labute approximate surface area is 122 Å². The zero-order valence-electron chi connectivity index (χ0n) is 11.3. The summed E-state index contributed by atoms with van der Waals surface area (Å²) in [5, 5.41) is 2.84. The van der Waals surface area contributed by atoms with Gasteiger partial charge in [0.05, 0.1) is 6.10 Å². The summed E-state index contributed by atoms with van der Waals surface area (Å²) in [6.45, 7) is 4.73. The van der Waals surface area contributed by atoms with Gasteiger partial charge in [0.1, 0.15) is 5.82 Å². The number of aromatic nitrogens is 1. The number of aryl methyl sites for hydroxylation is 1. The van der Waals surface area contributed by atoms with Crippen molar-refractivity contribution < 1.29 is 9.53 Å². The third-order valence-electron chi connectivity index (χ3n) is 3.38. The summed E-state index contributed by atoms with van der Waals surface area (Å²) in [4.78, 5) is 16.0. The lowest BCUT2D eigenvalue weighted by Crippen LogP contribution is -2.33. The molecule has 4 nitrogen and oxygen atoms in total. The highest BCUT2D eigenvalue weighted by Crippen LogP contribution is 2.32. The lowest BCUT2D eigenvalue weighted by molar-refractivity contribution is -0.119. The Kier molecular flexibility index (Phi) is 4.93. The molecule has 1 aliphatic carbocycles. The van der Waals surface area contributed by atoms with Crippen molar-refractivity contribution in [1.82, 2.24) is 4.98 Å². The molecule has 1 saturated carbocycles. The predicted molar refractivity (Wildman–Crippen MR) is 78.1 cm³/mol. The lowest BCUT2D eigenvalue weighted by atomic mass is 9.80. The highest BCUT2D eigenvalue weighted by molar-refractivity contribution is 9.10. The van der Waals surface area contributed by atoms with Crippen LogP contribution in [0.15, 0.2) is 16.7 Å². The van der Waals surface area contributed by atoms with E-state index >= 15 is 0 Å². The number of anilines is 1. The molecule has 0 aliphatic heterocycles. The summed E-state index contributed by atoms with van der Waals surface area (Å²) in [6.07, 6.45) is 4.61. The minimum absolute atomic E-state index is 0.0363. The number of nitrogens with zero attached hydrogens (tertiary/aromatic N) is 1. The number of pyridine rings is 1. The Bertz CT molecular complexity index is 459. The molecule has 0 atom stereocenters. The van der Waals surface area contributed by atoms with Crippen LogP contribution in [-0.4, -0.2) is 23.6 Å². The Hall–Kier alpha value is -0.940. The van der Waals surface area contributed by atoms with Gasteiger partial charge in [0.25, 0.3) is 0 Å². The van der Waals surface area contributed by atoms with E-state index in [-0.39, 0.29) is 5.91 Å². The molecule has 0 spiro atoms. The monoisotopic (exact) mass is 326 g/mol. The van der Waals surface area contributed by atoms with Crippen LogP contribution < -0.4 is 5.32 Å². The molecule has 1 aromatic rings. The van der Waals surface area contributed by atoms with E-state index in [0.29, 0.717) is 24.3 Å². The van der Waals surface area contributed by atoms with Gasteiger partial charge in [-0.05, 0) is 60.2 Å². The minimum atomic E-state index is 0.0363. The molecule has 1 amide bonds. The molecule has 1 heterocycles. The molecule has 0 radical (unpaired) electrons. The fourth-order valence-electron chi connectivity index (χ4n) is 2.28. The first kappa shape index (κ1) is 14.5. The van der Waals surface area contributed by atoms with Crippen LogP contribution in [0.5, 0.6) is 0 Å². The summed E-state index contributed by atoms with van der Waals surface area (Å²) >= 11 is 3.39. The van der Waals surface area contributed by atoms with Gasteiger partial charge >= 0.3 is 0 Å². The second-order valence-corrected chi connectivity index (χ2v) is 5.84. The Balaban J connectivity index is 1.77. The summed E-state index contributed by atoms with van der Waals surface area (Å²) in [5.41, 5.74) is 1.06. The fraction of sp³-hybridized carbons (Fsp3) is 0.571. The van der Waals surface area contributed by atoms with E-state index < -0.39 is 0 Å². The van der Waals surface area contributed by atoms with Gasteiger partial charge in [-0.2, -0.15) is 0 Å². The van der Waals surface area contributed by atoms with Crippen LogP contribution in [0.1, 0.15) is 31.7 Å². The summed E-state index contributed by atoms with van der Waals surface area (Å²) < 4.78 is 6.44. The van der Waals surface area contributed by atoms with Crippen LogP contribution in [0.3, 0.4) is 0 Å². The normalized spacial score (nSPS) is 21.8. The van der Waals surface area contributed by atoms with Gasteiger partial charge < -0.3 is 10.1 Å². The molecule has 1 fully saturated rings. The first-order chi connectivity index (χ1) is 9.08. The Morgan fingerprint density at radius 2 is 2.32 bits per heavy atom. The van der Waals surface area contributed by atoms with E-state index in [1.54, 1.807) is 6.20 Å². The molecule has 1 aliphatic rings. The summed E-state index contributed by atoms with van der Waals surface area (Å²) in [7, 11) is 0. The molecule has 104 valence electrons. The Morgan fingerprint density at radius 1 is 1.58 bits per heavy atom. The van der Waals surface area contributed by atoms with Crippen molar-refractivity contribution in [1.29, 1.82) is 0 Å². The number of rotatable bonds is 5. The van der Waals surface area contributed by atoms with Crippen LogP contribution in [0, 0.1) is 12.8 Å². The largest absolute Gasteiger partial charge is 0.378 e. The molecule has 2 rings (SSSR count). The van der Waals surface area contributed by atoms with Crippen LogP contribution in [0.2, 0.25) is 0 Å². The number of hydrogen-bond acceptors (Lipinski definition) is 3. The molecule has 0 bridgehead atoms. The number of ether oxygens (including phenoxy) is 1. The SMILES string of the molecule is CCOC1CC(CC(=O)Nc2cc(C)c(Br)cn2)C1. The van der Waals surface area contributed by atoms with E-state index in [4.69, 9.17) is 4.74 Å². The number of nitrogens with one attached hydrogen (secondary N) is 1. The van der Waals surface area contributed by atoms with Crippen molar-refractivity contribution in [3.8, 4) is 0 Å². The smallest absolute Gasteiger partial charge is 0.225 e. The number of carbonyl (C=O) groups is 1. The van der Waals surface area contributed by atoms with E-state index in [1.807, 2.05) is 19.9 Å². The molecule has 5 heteroatoms. The van der Waals surface area contributed by atoms with Crippen LogP contribution >= 0.6 is 15.9 Å². The van der Waals surface area contributed by atoms with Gasteiger partial charge in [0.15, 0.2) is 0 Å². The average molecular weight is 327 g/mol. The van der Waals surface area contributed by atoms with Gasteiger partial charge in [-0.3, -0.25) is 4.79 Å².